The quantitative estimate of drug-likeness (QED) is 0.900. The highest BCUT2D eigenvalue weighted by Gasteiger charge is 2.15. The lowest BCUT2D eigenvalue weighted by Gasteiger charge is -2.13. The molecule has 1 nitrogen and oxygen atoms in total. The molecule has 2 N–H and O–H groups in total. The van der Waals surface area contributed by atoms with Crippen molar-refractivity contribution in [1.82, 2.24) is 0 Å². The highest BCUT2D eigenvalue weighted by molar-refractivity contribution is 7.99. The molecule has 104 valence electrons. The van der Waals surface area contributed by atoms with E-state index in [1.807, 2.05) is 13.0 Å². The third-order valence-corrected chi connectivity index (χ3v) is 4.83. The lowest BCUT2D eigenvalue weighted by molar-refractivity contribution is 0.585. The molecule has 0 amide bonds. The van der Waals surface area contributed by atoms with Crippen LogP contribution >= 0.6 is 11.8 Å². The van der Waals surface area contributed by atoms with Crippen LogP contribution in [0.5, 0.6) is 0 Å². The Morgan fingerprint density at radius 3 is 2.75 bits per heavy atom. The SMILES string of the molecule is C[C@@H](N)c1c(F)cccc1Sc1ccc2c(c1)CCC2. The zero-order chi connectivity index (χ0) is 14.1. The molecule has 0 radical (unpaired) electrons. The normalized spacial score (nSPS) is 15.2. The number of hydrogen-bond donors (Lipinski definition) is 1. The first-order valence-corrected chi connectivity index (χ1v) is 7.80. The summed E-state index contributed by atoms with van der Waals surface area (Å²) in [5.74, 6) is -0.217. The number of benzene rings is 2. The Hall–Kier alpha value is -1.32. The molecule has 1 aliphatic carbocycles. The topological polar surface area (TPSA) is 26.0 Å². The minimum atomic E-state index is -0.298. The van der Waals surface area contributed by atoms with Crippen LogP contribution in [-0.2, 0) is 12.8 Å². The third-order valence-electron chi connectivity index (χ3n) is 3.77. The summed E-state index contributed by atoms with van der Waals surface area (Å²) < 4.78 is 13.9. The number of rotatable bonds is 3. The molecule has 0 saturated heterocycles. The predicted molar refractivity (Wildman–Crippen MR) is 81.6 cm³/mol. The van der Waals surface area contributed by atoms with E-state index in [1.165, 1.54) is 30.0 Å². The van der Waals surface area contributed by atoms with E-state index < -0.39 is 0 Å². The van der Waals surface area contributed by atoms with E-state index in [9.17, 15) is 4.39 Å². The molecule has 0 bridgehead atoms. The molecule has 0 aliphatic heterocycles. The van der Waals surface area contributed by atoms with E-state index >= 15 is 0 Å². The van der Waals surface area contributed by atoms with E-state index in [4.69, 9.17) is 5.73 Å². The first-order chi connectivity index (χ1) is 9.65. The Bertz CT molecular complexity index is 637. The maximum Gasteiger partial charge on any atom is 0.129 e. The maximum atomic E-state index is 13.9. The van der Waals surface area contributed by atoms with Gasteiger partial charge in [-0.05, 0) is 61.6 Å². The van der Waals surface area contributed by atoms with Crippen LogP contribution in [0.25, 0.3) is 0 Å². The zero-order valence-electron chi connectivity index (χ0n) is 11.5. The van der Waals surface area contributed by atoms with Gasteiger partial charge in [0.15, 0.2) is 0 Å². The summed E-state index contributed by atoms with van der Waals surface area (Å²) >= 11 is 1.60. The molecule has 1 atom stereocenters. The average molecular weight is 287 g/mol. The molecule has 0 unspecified atom stereocenters. The Labute approximate surface area is 123 Å². The summed E-state index contributed by atoms with van der Waals surface area (Å²) in [4.78, 5) is 2.08. The molecular weight excluding hydrogens is 269 g/mol. The van der Waals surface area contributed by atoms with Crippen molar-refractivity contribution in [2.24, 2.45) is 5.73 Å². The molecule has 3 rings (SSSR count). The van der Waals surface area contributed by atoms with Gasteiger partial charge in [-0.1, -0.05) is 23.9 Å². The van der Waals surface area contributed by atoms with Crippen LogP contribution in [0, 0.1) is 5.82 Å². The van der Waals surface area contributed by atoms with Crippen LogP contribution in [0.15, 0.2) is 46.2 Å². The van der Waals surface area contributed by atoms with Crippen molar-refractivity contribution < 1.29 is 4.39 Å². The molecular formula is C17H18FNS. The average Bonchev–Trinajstić information content (AvgIpc) is 2.85. The second-order valence-corrected chi connectivity index (χ2v) is 6.44. The fourth-order valence-electron chi connectivity index (χ4n) is 2.79. The summed E-state index contributed by atoms with van der Waals surface area (Å²) in [6.45, 7) is 1.82. The van der Waals surface area contributed by atoms with Crippen molar-refractivity contribution in [1.29, 1.82) is 0 Å². The van der Waals surface area contributed by atoms with E-state index in [-0.39, 0.29) is 11.9 Å². The summed E-state index contributed by atoms with van der Waals surface area (Å²) in [7, 11) is 0. The highest BCUT2D eigenvalue weighted by atomic mass is 32.2. The first-order valence-electron chi connectivity index (χ1n) is 6.99. The second kappa shape index (κ2) is 5.58. The number of hydrogen-bond acceptors (Lipinski definition) is 2. The molecule has 2 aromatic carbocycles. The molecule has 20 heavy (non-hydrogen) atoms. The third kappa shape index (κ3) is 2.60. The van der Waals surface area contributed by atoms with Crippen molar-refractivity contribution in [3.05, 3.63) is 58.9 Å². The molecule has 0 fully saturated rings. The molecule has 3 heteroatoms. The van der Waals surface area contributed by atoms with Crippen LogP contribution in [0.2, 0.25) is 0 Å². The molecule has 0 spiro atoms. The minimum Gasteiger partial charge on any atom is -0.324 e. The van der Waals surface area contributed by atoms with Crippen molar-refractivity contribution >= 4 is 11.8 Å². The van der Waals surface area contributed by atoms with Gasteiger partial charge in [0, 0.05) is 21.4 Å². The van der Waals surface area contributed by atoms with Crippen molar-refractivity contribution in [2.75, 3.05) is 0 Å². The molecule has 0 heterocycles. The van der Waals surface area contributed by atoms with E-state index in [0.717, 1.165) is 16.2 Å². The van der Waals surface area contributed by atoms with E-state index in [2.05, 4.69) is 18.2 Å². The van der Waals surface area contributed by atoms with Gasteiger partial charge in [0.05, 0.1) is 0 Å². The largest absolute Gasteiger partial charge is 0.324 e. The van der Waals surface area contributed by atoms with Gasteiger partial charge in [-0.25, -0.2) is 4.39 Å². The monoisotopic (exact) mass is 287 g/mol. The Kier molecular flexibility index (Phi) is 3.81. The summed E-state index contributed by atoms with van der Waals surface area (Å²) in [5.41, 5.74) is 9.41. The van der Waals surface area contributed by atoms with Crippen molar-refractivity contribution in [2.45, 2.75) is 42.0 Å². The first kappa shape index (κ1) is 13.7. The van der Waals surface area contributed by atoms with Gasteiger partial charge in [-0.15, -0.1) is 0 Å². The standard InChI is InChI=1S/C17H18FNS/c1-11(19)17-15(18)6-3-7-16(17)20-14-9-8-12-4-2-5-13(12)10-14/h3,6-11H,2,4-5,19H2,1H3/t11-/m1/s1. The van der Waals surface area contributed by atoms with Crippen molar-refractivity contribution in [3.8, 4) is 0 Å². The molecule has 2 aromatic rings. The van der Waals surface area contributed by atoms with Crippen LogP contribution in [0.1, 0.15) is 36.1 Å². The van der Waals surface area contributed by atoms with E-state index in [1.54, 1.807) is 17.8 Å². The van der Waals surface area contributed by atoms with Gasteiger partial charge in [-0.3, -0.25) is 0 Å². The Morgan fingerprint density at radius 2 is 1.95 bits per heavy atom. The Balaban J connectivity index is 1.93. The predicted octanol–water partition coefficient (Wildman–Crippen LogP) is 4.49. The molecule has 0 saturated carbocycles. The number of halogens is 1. The summed E-state index contributed by atoms with van der Waals surface area (Å²) in [6.07, 6.45) is 3.59. The zero-order valence-corrected chi connectivity index (χ0v) is 12.3. The van der Waals surface area contributed by atoms with Gasteiger partial charge in [0.1, 0.15) is 5.82 Å². The lowest BCUT2D eigenvalue weighted by atomic mass is 10.1. The number of nitrogens with two attached hydrogens (primary N) is 1. The molecule has 1 aliphatic rings. The fraction of sp³-hybridized carbons (Fsp3) is 0.294. The van der Waals surface area contributed by atoms with Crippen LogP contribution < -0.4 is 5.73 Å². The molecule has 0 aromatic heterocycles. The van der Waals surface area contributed by atoms with Crippen LogP contribution in [0.4, 0.5) is 4.39 Å². The second-order valence-electron chi connectivity index (χ2n) is 5.33. The van der Waals surface area contributed by atoms with Gasteiger partial charge >= 0.3 is 0 Å². The lowest BCUT2D eigenvalue weighted by Crippen LogP contribution is -2.08. The highest BCUT2D eigenvalue weighted by Crippen LogP contribution is 2.36. The smallest absolute Gasteiger partial charge is 0.129 e. The summed E-state index contributed by atoms with van der Waals surface area (Å²) in [6, 6.07) is 11.4. The number of aryl methyl sites for hydroxylation is 2. The summed E-state index contributed by atoms with van der Waals surface area (Å²) in [5, 5.41) is 0. The van der Waals surface area contributed by atoms with Gasteiger partial charge in [0.25, 0.3) is 0 Å². The Morgan fingerprint density at radius 1 is 1.15 bits per heavy atom. The number of fused-ring (bicyclic) bond motifs is 1. The van der Waals surface area contributed by atoms with Crippen molar-refractivity contribution in [3.63, 3.8) is 0 Å². The van der Waals surface area contributed by atoms with E-state index in [0.29, 0.717) is 5.56 Å². The van der Waals surface area contributed by atoms with Gasteiger partial charge in [-0.2, -0.15) is 0 Å². The van der Waals surface area contributed by atoms with Crippen LogP contribution in [0.3, 0.4) is 0 Å². The van der Waals surface area contributed by atoms with Gasteiger partial charge < -0.3 is 5.73 Å². The van der Waals surface area contributed by atoms with Gasteiger partial charge in [0.2, 0.25) is 0 Å². The maximum absolute atomic E-state index is 13.9. The fourth-order valence-corrected chi connectivity index (χ4v) is 3.92. The van der Waals surface area contributed by atoms with Crippen LogP contribution in [-0.4, -0.2) is 0 Å². The minimum absolute atomic E-state index is 0.217.